The van der Waals surface area contributed by atoms with Crippen molar-refractivity contribution in [3.05, 3.63) is 59.2 Å². The Morgan fingerprint density at radius 1 is 1.05 bits per heavy atom. The van der Waals surface area contributed by atoms with Crippen molar-refractivity contribution >= 4 is 13.2 Å². The van der Waals surface area contributed by atoms with Crippen LogP contribution in [0.1, 0.15) is 23.6 Å². The zero-order valence-electron chi connectivity index (χ0n) is 13.0. The van der Waals surface area contributed by atoms with E-state index in [1.807, 2.05) is 56.3 Å². The van der Waals surface area contributed by atoms with Gasteiger partial charge in [0.05, 0.1) is 0 Å². The van der Waals surface area contributed by atoms with Crippen LogP contribution in [0.3, 0.4) is 0 Å². The van der Waals surface area contributed by atoms with Crippen LogP contribution < -0.4 is 9.61 Å². The highest BCUT2D eigenvalue weighted by Crippen LogP contribution is 2.44. The molecule has 0 aliphatic rings. The summed E-state index contributed by atoms with van der Waals surface area (Å²) >= 11 is 0. The fourth-order valence-corrected chi connectivity index (χ4v) is 3.53. The van der Waals surface area contributed by atoms with E-state index in [1.165, 1.54) is 5.56 Å². The van der Waals surface area contributed by atoms with Gasteiger partial charge in [-0.3, -0.25) is 4.57 Å². The van der Waals surface area contributed by atoms with Crippen molar-refractivity contribution in [1.82, 2.24) is 0 Å². The minimum Gasteiger partial charge on any atom is -0.429 e. The van der Waals surface area contributed by atoms with Crippen LogP contribution >= 0.6 is 7.52 Å². The fraction of sp³-hybridized carbons (Fsp3) is 0.294. The molecule has 0 bridgehead atoms. The number of rotatable bonds is 5. The van der Waals surface area contributed by atoms with E-state index >= 15 is 0 Å². The molecule has 2 aromatic rings. The Balaban J connectivity index is 2.16. The Kier molecular flexibility index (Phi) is 4.74. The first-order valence-electron chi connectivity index (χ1n) is 7.12. The lowest BCUT2D eigenvalue weighted by Gasteiger charge is -2.20. The maximum atomic E-state index is 12.7. The van der Waals surface area contributed by atoms with Gasteiger partial charge >= 0.3 is 7.52 Å². The summed E-state index contributed by atoms with van der Waals surface area (Å²) in [6.07, 6.45) is 0.977. The van der Waals surface area contributed by atoms with Gasteiger partial charge in [-0.15, -0.1) is 0 Å². The van der Waals surface area contributed by atoms with Crippen molar-refractivity contribution in [1.29, 1.82) is 0 Å². The summed E-state index contributed by atoms with van der Waals surface area (Å²) in [5.74, 6) is 0.622. The van der Waals surface area contributed by atoms with Crippen molar-refractivity contribution in [2.24, 2.45) is 0 Å². The van der Waals surface area contributed by atoms with Crippen LogP contribution in [-0.2, 0) is 11.0 Å². The minimum absolute atomic E-state index is 0.622. The first-order valence-corrected chi connectivity index (χ1v) is 9.19. The van der Waals surface area contributed by atoms with E-state index in [4.69, 9.17) is 4.52 Å². The van der Waals surface area contributed by atoms with Crippen LogP contribution in [0.15, 0.2) is 42.5 Å². The normalized spacial score (nSPS) is 13.5. The van der Waals surface area contributed by atoms with Crippen molar-refractivity contribution in [3.8, 4) is 5.75 Å². The van der Waals surface area contributed by atoms with Crippen molar-refractivity contribution < 1.29 is 9.09 Å². The van der Waals surface area contributed by atoms with E-state index in [0.717, 1.165) is 23.2 Å². The van der Waals surface area contributed by atoms with E-state index in [0.29, 0.717) is 5.75 Å². The molecule has 0 heterocycles. The van der Waals surface area contributed by atoms with Gasteiger partial charge in [0.1, 0.15) is 5.75 Å². The van der Waals surface area contributed by atoms with Gasteiger partial charge in [-0.1, -0.05) is 37.3 Å². The molecule has 0 aliphatic heterocycles. The fourth-order valence-electron chi connectivity index (χ4n) is 2.20. The van der Waals surface area contributed by atoms with Gasteiger partial charge in [0.25, 0.3) is 0 Å². The van der Waals surface area contributed by atoms with Gasteiger partial charge in [0, 0.05) is 12.4 Å². The molecular weight excluding hydrogens is 281 g/mol. The summed E-state index contributed by atoms with van der Waals surface area (Å²) in [4.78, 5) is 0. The van der Waals surface area contributed by atoms with E-state index in [-0.39, 0.29) is 0 Å². The van der Waals surface area contributed by atoms with E-state index in [1.54, 1.807) is 6.66 Å². The lowest BCUT2D eigenvalue weighted by molar-refractivity contribution is 0.493. The Labute approximate surface area is 126 Å². The highest BCUT2D eigenvalue weighted by Gasteiger charge is 2.19. The van der Waals surface area contributed by atoms with Crippen molar-refractivity contribution in [3.63, 3.8) is 0 Å². The summed E-state index contributed by atoms with van der Waals surface area (Å²) in [6, 6.07) is 13.7. The van der Waals surface area contributed by atoms with Gasteiger partial charge in [0.2, 0.25) is 0 Å². The average Bonchev–Trinajstić information content (AvgIpc) is 2.43. The highest BCUT2D eigenvalue weighted by molar-refractivity contribution is 7.60. The number of para-hydroxylation sites is 1. The summed E-state index contributed by atoms with van der Waals surface area (Å²) in [7, 11) is -2.96. The molecule has 21 heavy (non-hydrogen) atoms. The zero-order valence-corrected chi connectivity index (χ0v) is 13.9. The van der Waals surface area contributed by atoms with E-state index in [2.05, 4.69) is 12.0 Å². The van der Waals surface area contributed by atoms with Crippen molar-refractivity contribution in [2.45, 2.75) is 27.2 Å². The third-order valence-corrected chi connectivity index (χ3v) is 4.60. The van der Waals surface area contributed by atoms with Gasteiger partial charge in [0.15, 0.2) is 0 Å². The maximum absolute atomic E-state index is 12.7. The van der Waals surface area contributed by atoms with Crippen LogP contribution in [0.2, 0.25) is 0 Å². The monoisotopic (exact) mass is 303 g/mol. The molecule has 2 rings (SSSR count). The molecule has 1 N–H and O–H groups in total. The smallest absolute Gasteiger partial charge is 0.338 e. The number of hydrogen-bond acceptors (Lipinski definition) is 2. The summed E-state index contributed by atoms with van der Waals surface area (Å²) < 4.78 is 18.3. The third-order valence-electron chi connectivity index (χ3n) is 3.41. The summed E-state index contributed by atoms with van der Waals surface area (Å²) in [5.41, 5.74) is 4.23. The van der Waals surface area contributed by atoms with Crippen LogP contribution in [-0.4, -0.2) is 6.66 Å². The van der Waals surface area contributed by atoms with Crippen LogP contribution in [0.5, 0.6) is 5.75 Å². The number of aryl methyl sites for hydroxylation is 3. The second-order valence-electron chi connectivity index (χ2n) is 5.31. The Morgan fingerprint density at radius 3 is 2.14 bits per heavy atom. The van der Waals surface area contributed by atoms with Gasteiger partial charge < -0.3 is 9.61 Å². The van der Waals surface area contributed by atoms with Gasteiger partial charge in [-0.05, 0) is 49.1 Å². The molecule has 0 saturated heterocycles. The third kappa shape index (κ3) is 4.12. The minimum atomic E-state index is -2.96. The molecule has 1 atom stereocenters. The molecule has 4 heteroatoms. The number of benzene rings is 2. The zero-order chi connectivity index (χ0) is 15.5. The Hall–Kier alpha value is -1.73. The number of nitrogens with one attached hydrogen (secondary N) is 1. The molecule has 2 aromatic carbocycles. The van der Waals surface area contributed by atoms with Gasteiger partial charge in [-0.2, -0.15) is 0 Å². The second kappa shape index (κ2) is 6.36. The van der Waals surface area contributed by atoms with Crippen LogP contribution in [0.4, 0.5) is 5.69 Å². The summed E-state index contributed by atoms with van der Waals surface area (Å²) in [5, 5.41) is 3.07. The lowest BCUT2D eigenvalue weighted by Crippen LogP contribution is -2.04. The van der Waals surface area contributed by atoms with Crippen LogP contribution in [0, 0.1) is 13.8 Å². The molecule has 3 nitrogen and oxygen atoms in total. The molecule has 112 valence electrons. The topological polar surface area (TPSA) is 38.3 Å². The van der Waals surface area contributed by atoms with Crippen LogP contribution in [0.25, 0.3) is 0 Å². The lowest BCUT2D eigenvalue weighted by atomic mass is 10.1. The largest absolute Gasteiger partial charge is 0.429 e. The van der Waals surface area contributed by atoms with E-state index < -0.39 is 7.52 Å². The molecule has 0 unspecified atom stereocenters. The molecule has 0 amide bonds. The predicted octanol–water partition coefficient (Wildman–Crippen LogP) is 5.18. The molecule has 0 aliphatic carbocycles. The highest BCUT2D eigenvalue weighted by atomic mass is 31.2. The quantitative estimate of drug-likeness (QED) is 0.773. The van der Waals surface area contributed by atoms with E-state index in [9.17, 15) is 4.57 Å². The first-order chi connectivity index (χ1) is 9.91. The molecule has 0 spiro atoms. The van der Waals surface area contributed by atoms with Crippen molar-refractivity contribution in [2.75, 3.05) is 11.8 Å². The standard InChI is InChI=1S/C17H22NO2P/c1-5-15-9-11-16(12-10-15)20-21(4,19)18-17-13(2)7-6-8-14(17)3/h6-12H,5H2,1-4H3,(H,18,19)/t21-/m1/s1. The number of hydrogen-bond donors (Lipinski definition) is 1. The molecule has 0 saturated carbocycles. The second-order valence-corrected chi connectivity index (χ2v) is 7.41. The molecule has 0 aromatic heterocycles. The first kappa shape index (κ1) is 15.7. The Morgan fingerprint density at radius 2 is 1.62 bits per heavy atom. The predicted molar refractivity (Wildman–Crippen MR) is 89.5 cm³/mol. The number of anilines is 1. The SMILES string of the molecule is CCc1ccc(O[P@@](C)(=O)Nc2c(C)cccc2C)cc1. The molecule has 0 fully saturated rings. The maximum Gasteiger partial charge on any atom is 0.338 e. The van der Waals surface area contributed by atoms with Gasteiger partial charge in [-0.25, -0.2) is 0 Å². The average molecular weight is 303 g/mol. The Bertz CT molecular complexity index is 645. The summed E-state index contributed by atoms with van der Waals surface area (Å²) in [6.45, 7) is 7.69. The molecule has 0 radical (unpaired) electrons. The molecular formula is C17H22NO2P.